The summed E-state index contributed by atoms with van der Waals surface area (Å²) in [5, 5.41) is 19.3. The van der Waals surface area contributed by atoms with Gasteiger partial charge in [-0.05, 0) is 59.3 Å². The van der Waals surface area contributed by atoms with E-state index in [1.807, 2.05) is 6.07 Å². The summed E-state index contributed by atoms with van der Waals surface area (Å²) in [6, 6.07) is 15.2. The quantitative estimate of drug-likeness (QED) is 0.319. The largest absolute Gasteiger partial charge is 0.496 e. The number of pyridine rings is 1. The Morgan fingerprint density at radius 3 is 2.50 bits per heavy atom. The highest BCUT2D eigenvalue weighted by atomic mass is 19.1. The Balaban J connectivity index is 1.92. The van der Waals surface area contributed by atoms with Gasteiger partial charge in [0.1, 0.15) is 11.6 Å². The summed E-state index contributed by atoms with van der Waals surface area (Å²) in [6.45, 7) is 4.12. The predicted octanol–water partition coefficient (Wildman–Crippen LogP) is 6.41. The number of halogens is 1. The first kappa shape index (κ1) is 21.6. The minimum atomic E-state index is -1.03. The molecule has 3 aromatic carbocycles. The smallest absolute Gasteiger partial charge is 0.335 e. The van der Waals surface area contributed by atoms with Crippen LogP contribution in [0.4, 0.5) is 4.39 Å². The van der Waals surface area contributed by atoms with Crippen molar-refractivity contribution in [3.63, 3.8) is 0 Å². The molecule has 2 N–H and O–H groups in total. The molecule has 2 heterocycles. The Hall–Kier alpha value is -4.26. The Bertz CT molecular complexity index is 1560. The van der Waals surface area contributed by atoms with Gasteiger partial charge in [-0.1, -0.05) is 26.0 Å². The zero-order valence-electron chi connectivity index (χ0n) is 18.9. The molecule has 0 fully saturated rings. The lowest BCUT2D eigenvalue weighted by molar-refractivity contribution is 0.0696. The summed E-state index contributed by atoms with van der Waals surface area (Å²) in [5.74, 6) is -0.851. The van der Waals surface area contributed by atoms with E-state index in [1.54, 1.807) is 30.5 Å². The third-order valence-electron chi connectivity index (χ3n) is 5.97. The second-order valence-corrected chi connectivity index (χ2v) is 8.46. The number of carboxylic acids is 1. The van der Waals surface area contributed by atoms with E-state index >= 15 is 0 Å². The van der Waals surface area contributed by atoms with Crippen LogP contribution in [0.5, 0.6) is 5.75 Å². The Labute approximate surface area is 195 Å². The topological polar surface area (TPSA) is 88.1 Å². The van der Waals surface area contributed by atoms with Crippen molar-refractivity contribution < 1.29 is 19.0 Å². The average Bonchev–Trinajstić information content (AvgIpc) is 3.29. The van der Waals surface area contributed by atoms with Gasteiger partial charge in [-0.15, -0.1) is 0 Å². The van der Waals surface area contributed by atoms with Gasteiger partial charge in [-0.25, -0.2) is 9.18 Å². The number of carbonyl (C=O) groups is 1. The molecule has 0 aliphatic carbocycles. The number of fused-ring (bicyclic) bond motifs is 2. The molecule has 0 bridgehead atoms. The molecule has 0 spiro atoms. The van der Waals surface area contributed by atoms with Crippen molar-refractivity contribution in [2.45, 2.75) is 19.8 Å². The predicted molar refractivity (Wildman–Crippen MR) is 130 cm³/mol. The van der Waals surface area contributed by atoms with Crippen molar-refractivity contribution >= 4 is 27.6 Å². The fraction of sp³-hybridized carbons (Fsp3) is 0.148. The molecule has 0 amide bonds. The summed E-state index contributed by atoms with van der Waals surface area (Å²) in [6.07, 6.45) is 1.76. The number of H-pyrrole nitrogens is 1. The van der Waals surface area contributed by atoms with Gasteiger partial charge in [0, 0.05) is 21.9 Å². The zero-order valence-corrected chi connectivity index (χ0v) is 18.9. The number of rotatable bonds is 5. The number of aromatic carboxylic acids is 1. The Kier molecular flexibility index (Phi) is 5.24. The lowest BCUT2D eigenvalue weighted by Gasteiger charge is -2.20. The van der Waals surface area contributed by atoms with Crippen molar-refractivity contribution in [2.24, 2.45) is 0 Å². The number of nitrogens with one attached hydrogen (secondary N) is 1. The first-order chi connectivity index (χ1) is 16.4. The molecule has 6 nitrogen and oxygen atoms in total. The first-order valence-corrected chi connectivity index (χ1v) is 10.9. The number of methoxy groups -OCH3 is 1. The van der Waals surface area contributed by atoms with Crippen LogP contribution in [0.25, 0.3) is 44.1 Å². The van der Waals surface area contributed by atoms with Gasteiger partial charge in [0.05, 0.1) is 35.8 Å². The van der Waals surface area contributed by atoms with Gasteiger partial charge < -0.3 is 9.84 Å². The first-order valence-electron chi connectivity index (χ1n) is 10.9. The maximum Gasteiger partial charge on any atom is 0.335 e. The molecular formula is C27H22FN3O3. The number of aromatic amines is 1. The van der Waals surface area contributed by atoms with E-state index in [9.17, 15) is 14.3 Å². The second kappa shape index (κ2) is 8.26. The van der Waals surface area contributed by atoms with Gasteiger partial charge in [-0.2, -0.15) is 5.10 Å². The van der Waals surface area contributed by atoms with Gasteiger partial charge in [0.25, 0.3) is 0 Å². The van der Waals surface area contributed by atoms with Crippen molar-refractivity contribution in [2.75, 3.05) is 7.11 Å². The molecule has 7 heteroatoms. The summed E-state index contributed by atoms with van der Waals surface area (Å²) < 4.78 is 19.3. The molecule has 170 valence electrons. The fourth-order valence-electron chi connectivity index (χ4n) is 4.33. The molecule has 0 radical (unpaired) electrons. The van der Waals surface area contributed by atoms with Gasteiger partial charge >= 0.3 is 5.97 Å². The number of aromatic nitrogens is 3. The maximum absolute atomic E-state index is 13.7. The minimum absolute atomic E-state index is 0.0625. The van der Waals surface area contributed by atoms with Gasteiger partial charge in [0.15, 0.2) is 0 Å². The van der Waals surface area contributed by atoms with E-state index in [2.05, 4.69) is 30.1 Å². The molecular weight excluding hydrogens is 433 g/mol. The summed E-state index contributed by atoms with van der Waals surface area (Å²) in [5.41, 5.74) is 4.98. The summed E-state index contributed by atoms with van der Waals surface area (Å²) in [4.78, 5) is 16.6. The van der Waals surface area contributed by atoms with Crippen LogP contribution in [0.1, 0.15) is 35.8 Å². The molecule has 0 aliphatic rings. The van der Waals surface area contributed by atoms with Gasteiger partial charge in [0.2, 0.25) is 0 Å². The Morgan fingerprint density at radius 1 is 1.06 bits per heavy atom. The van der Waals surface area contributed by atoms with Gasteiger partial charge in [-0.3, -0.25) is 10.1 Å². The minimum Gasteiger partial charge on any atom is -0.496 e. The second-order valence-electron chi connectivity index (χ2n) is 8.46. The van der Waals surface area contributed by atoms with Crippen LogP contribution < -0.4 is 4.74 Å². The molecule has 0 saturated heterocycles. The number of hydrogen-bond donors (Lipinski definition) is 2. The standard InChI is InChI=1S/C27H22FN3O3/c1-14(2)25-24(15-4-7-18(28)8-5-15)20-10-17-13-29-31-22(17)12-21(20)26(30-25)19-9-6-16(27(32)33)11-23(19)34-3/h4-14H,1-3H3,(H,29,31)(H,32,33). The molecule has 0 saturated carbocycles. The molecule has 34 heavy (non-hydrogen) atoms. The number of hydrogen-bond acceptors (Lipinski definition) is 4. The number of carboxylic acid groups (broad SMARTS) is 1. The van der Waals surface area contributed by atoms with E-state index in [4.69, 9.17) is 9.72 Å². The number of benzene rings is 3. The molecule has 0 aliphatic heterocycles. The van der Waals surface area contributed by atoms with E-state index in [-0.39, 0.29) is 17.3 Å². The van der Waals surface area contributed by atoms with Crippen molar-refractivity contribution in [1.29, 1.82) is 0 Å². The third-order valence-corrected chi connectivity index (χ3v) is 5.97. The van der Waals surface area contributed by atoms with Crippen LogP contribution >= 0.6 is 0 Å². The number of ether oxygens (including phenoxy) is 1. The average molecular weight is 455 g/mol. The lowest BCUT2D eigenvalue weighted by Crippen LogP contribution is -2.03. The van der Waals surface area contributed by atoms with Crippen molar-refractivity contribution in [3.8, 4) is 28.1 Å². The van der Waals surface area contributed by atoms with Crippen LogP contribution in [-0.4, -0.2) is 33.4 Å². The van der Waals surface area contributed by atoms with Crippen LogP contribution in [0, 0.1) is 5.82 Å². The van der Waals surface area contributed by atoms with E-state index in [0.717, 1.165) is 38.5 Å². The molecule has 0 atom stereocenters. The monoisotopic (exact) mass is 455 g/mol. The van der Waals surface area contributed by atoms with Crippen LogP contribution in [0.2, 0.25) is 0 Å². The van der Waals surface area contributed by atoms with E-state index in [0.29, 0.717) is 17.0 Å². The van der Waals surface area contributed by atoms with Crippen LogP contribution in [-0.2, 0) is 0 Å². The molecule has 0 unspecified atom stereocenters. The Morgan fingerprint density at radius 2 is 1.82 bits per heavy atom. The molecule has 5 rings (SSSR count). The van der Waals surface area contributed by atoms with E-state index < -0.39 is 5.97 Å². The fourth-order valence-corrected chi connectivity index (χ4v) is 4.33. The lowest BCUT2D eigenvalue weighted by atomic mass is 9.89. The van der Waals surface area contributed by atoms with Crippen LogP contribution in [0.3, 0.4) is 0 Å². The summed E-state index contributed by atoms with van der Waals surface area (Å²) in [7, 11) is 1.51. The maximum atomic E-state index is 13.7. The summed E-state index contributed by atoms with van der Waals surface area (Å²) >= 11 is 0. The third kappa shape index (κ3) is 3.55. The van der Waals surface area contributed by atoms with E-state index in [1.165, 1.54) is 25.3 Å². The van der Waals surface area contributed by atoms with Crippen molar-refractivity contribution in [1.82, 2.24) is 15.2 Å². The molecule has 5 aromatic rings. The van der Waals surface area contributed by atoms with Crippen LogP contribution in [0.15, 0.2) is 60.8 Å². The highest BCUT2D eigenvalue weighted by Gasteiger charge is 2.22. The highest BCUT2D eigenvalue weighted by molar-refractivity contribution is 6.10. The van der Waals surface area contributed by atoms with Crippen molar-refractivity contribution in [3.05, 3.63) is 77.9 Å². The number of nitrogens with zero attached hydrogens (tertiary/aromatic N) is 2. The highest BCUT2D eigenvalue weighted by Crippen LogP contribution is 2.42. The zero-order chi connectivity index (χ0) is 24.0. The normalized spacial score (nSPS) is 11.4. The SMILES string of the molecule is COc1cc(C(=O)O)ccc1-c1nc(C(C)C)c(-c2ccc(F)cc2)c2cc3cn[nH]c3cc12. The molecule has 2 aromatic heterocycles.